The zero-order chi connectivity index (χ0) is 27.2. The summed E-state index contributed by atoms with van der Waals surface area (Å²) < 4.78 is 12.6. The van der Waals surface area contributed by atoms with Crippen LogP contribution in [-0.2, 0) is 16.1 Å². The van der Waals surface area contributed by atoms with E-state index in [0.717, 1.165) is 28.0 Å². The second-order valence-electron chi connectivity index (χ2n) is 9.77. The molecule has 1 N–H and O–H groups in total. The van der Waals surface area contributed by atoms with Gasteiger partial charge in [-0.25, -0.2) is 14.6 Å². The van der Waals surface area contributed by atoms with Gasteiger partial charge in [-0.1, -0.05) is 30.3 Å². The molecule has 3 heterocycles. The number of ether oxygens (including phenoxy) is 2. The van der Waals surface area contributed by atoms with E-state index in [1.807, 2.05) is 65.6 Å². The van der Waals surface area contributed by atoms with Gasteiger partial charge in [0.2, 0.25) is 0 Å². The minimum atomic E-state index is -0.441. The van der Waals surface area contributed by atoms with Crippen molar-refractivity contribution in [3.8, 4) is 5.75 Å². The first-order valence-electron chi connectivity index (χ1n) is 13.2. The summed E-state index contributed by atoms with van der Waals surface area (Å²) in [5.41, 5.74) is 2.71. The molecule has 1 amide bonds. The Bertz CT molecular complexity index is 1430. The fourth-order valence-corrected chi connectivity index (χ4v) is 4.63. The van der Waals surface area contributed by atoms with Crippen LogP contribution in [0.4, 0.5) is 16.3 Å². The molecule has 9 heteroatoms. The average Bonchev–Trinajstić information content (AvgIpc) is 3.38. The molecule has 1 aliphatic heterocycles. The van der Waals surface area contributed by atoms with Crippen LogP contribution in [0.3, 0.4) is 0 Å². The molecule has 1 aliphatic rings. The monoisotopic (exact) mass is 527 g/mol. The van der Waals surface area contributed by atoms with Crippen molar-refractivity contribution >= 4 is 34.4 Å². The topological polar surface area (TPSA) is 88.9 Å². The van der Waals surface area contributed by atoms with Crippen LogP contribution < -0.4 is 15.0 Å². The number of hydrogen-bond acceptors (Lipinski definition) is 7. The Balaban J connectivity index is 1.17. The van der Waals surface area contributed by atoms with E-state index in [9.17, 15) is 9.59 Å². The third kappa shape index (κ3) is 6.31. The molecular formula is C30H33N5O4. The minimum Gasteiger partial charge on any atom is -0.482 e. The van der Waals surface area contributed by atoms with Crippen molar-refractivity contribution in [1.82, 2.24) is 14.5 Å². The Labute approximate surface area is 227 Å². The highest BCUT2D eigenvalue weighted by Gasteiger charge is 2.25. The van der Waals surface area contributed by atoms with Gasteiger partial charge in [-0.2, -0.15) is 0 Å². The van der Waals surface area contributed by atoms with E-state index < -0.39 is 5.97 Å². The van der Waals surface area contributed by atoms with Crippen LogP contribution in [0.5, 0.6) is 5.75 Å². The number of hydrogen-bond donors (Lipinski definition) is 1. The molecule has 2 aromatic carbocycles. The summed E-state index contributed by atoms with van der Waals surface area (Å²) in [6, 6.07) is 21.0. The smallest absolute Gasteiger partial charge is 0.344 e. The van der Waals surface area contributed by atoms with Crippen molar-refractivity contribution in [3.63, 3.8) is 0 Å². The van der Waals surface area contributed by atoms with Crippen LogP contribution in [0.25, 0.3) is 10.9 Å². The molecule has 0 bridgehead atoms. The lowest BCUT2D eigenvalue weighted by Crippen LogP contribution is -2.50. The number of piperazine rings is 1. The van der Waals surface area contributed by atoms with Crippen molar-refractivity contribution in [2.24, 2.45) is 0 Å². The van der Waals surface area contributed by atoms with Crippen LogP contribution in [-0.4, -0.2) is 65.3 Å². The van der Waals surface area contributed by atoms with Gasteiger partial charge in [0, 0.05) is 50.0 Å². The number of benzene rings is 2. The lowest BCUT2D eigenvalue weighted by Gasteiger charge is -2.36. The quantitative estimate of drug-likeness (QED) is 0.330. The molecule has 0 spiro atoms. The number of carbonyl (C=O) groups excluding carboxylic acids is 2. The Morgan fingerprint density at radius 1 is 0.974 bits per heavy atom. The number of nitrogens with zero attached hydrogens (tertiary/aromatic N) is 4. The second kappa shape index (κ2) is 11.9. The summed E-state index contributed by atoms with van der Waals surface area (Å²) in [5.74, 6) is 1.02. The molecular weight excluding hydrogens is 494 g/mol. The van der Waals surface area contributed by atoms with Gasteiger partial charge in [0.05, 0.1) is 11.2 Å². The minimum absolute atomic E-state index is 0.0654. The van der Waals surface area contributed by atoms with Crippen molar-refractivity contribution in [1.29, 1.82) is 0 Å². The standard InChI is InChI=1S/C30H33N5O4/c1-22(2)32-26-9-6-13-31-29(26)33-15-17-34(18-16-33)30(37)35-14-12-24-19-25(10-11-27(24)35)38-21-28(36)39-20-23-7-4-3-5-8-23/h3-14,19,22,32H,15-18,20-21H2,1-2H3. The zero-order valence-corrected chi connectivity index (χ0v) is 22.2. The number of pyridine rings is 1. The van der Waals surface area contributed by atoms with Crippen molar-refractivity contribution in [2.75, 3.05) is 43.0 Å². The molecule has 0 aliphatic carbocycles. The summed E-state index contributed by atoms with van der Waals surface area (Å²) in [6.07, 6.45) is 3.58. The van der Waals surface area contributed by atoms with Gasteiger partial charge in [0.25, 0.3) is 0 Å². The molecule has 202 valence electrons. The predicted octanol–water partition coefficient (Wildman–Crippen LogP) is 4.77. The van der Waals surface area contributed by atoms with Crippen LogP contribution in [0.1, 0.15) is 19.4 Å². The van der Waals surface area contributed by atoms with Crippen molar-refractivity contribution in [2.45, 2.75) is 26.5 Å². The lowest BCUT2D eigenvalue weighted by atomic mass is 10.2. The van der Waals surface area contributed by atoms with Gasteiger partial charge in [-0.15, -0.1) is 0 Å². The van der Waals surface area contributed by atoms with Crippen LogP contribution in [0.15, 0.2) is 79.1 Å². The van der Waals surface area contributed by atoms with Crippen LogP contribution in [0.2, 0.25) is 0 Å². The van der Waals surface area contributed by atoms with Crippen molar-refractivity contribution in [3.05, 3.63) is 84.7 Å². The molecule has 1 fully saturated rings. The van der Waals surface area contributed by atoms with E-state index in [1.165, 1.54) is 0 Å². The highest BCUT2D eigenvalue weighted by atomic mass is 16.6. The maximum atomic E-state index is 13.4. The maximum Gasteiger partial charge on any atom is 0.344 e. The molecule has 4 aromatic rings. The van der Waals surface area contributed by atoms with Gasteiger partial charge in [-0.3, -0.25) is 4.57 Å². The first-order valence-corrected chi connectivity index (χ1v) is 13.2. The Morgan fingerprint density at radius 2 is 1.77 bits per heavy atom. The number of nitrogens with one attached hydrogen (secondary N) is 1. The van der Waals surface area contributed by atoms with Crippen LogP contribution >= 0.6 is 0 Å². The van der Waals surface area contributed by atoms with Gasteiger partial charge in [-0.05, 0) is 55.8 Å². The highest BCUT2D eigenvalue weighted by molar-refractivity contribution is 5.92. The third-order valence-corrected chi connectivity index (χ3v) is 6.55. The maximum absolute atomic E-state index is 13.4. The molecule has 39 heavy (non-hydrogen) atoms. The van der Waals surface area contributed by atoms with E-state index in [4.69, 9.17) is 9.47 Å². The zero-order valence-electron chi connectivity index (χ0n) is 22.2. The van der Waals surface area contributed by atoms with Gasteiger partial charge in [0.1, 0.15) is 12.4 Å². The number of rotatable bonds is 8. The second-order valence-corrected chi connectivity index (χ2v) is 9.77. The van der Waals surface area contributed by atoms with Crippen LogP contribution in [0, 0.1) is 0 Å². The summed E-state index contributed by atoms with van der Waals surface area (Å²) >= 11 is 0. The highest BCUT2D eigenvalue weighted by Crippen LogP contribution is 2.26. The lowest BCUT2D eigenvalue weighted by molar-refractivity contribution is -0.147. The van der Waals surface area contributed by atoms with E-state index in [0.29, 0.717) is 38.0 Å². The number of anilines is 2. The summed E-state index contributed by atoms with van der Waals surface area (Å²) in [5, 5.41) is 4.31. The Kier molecular flexibility index (Phi) is 7.96. The summed E-state index contributed by atoms with van der Waals surface area (Å²) in [7, 11) is 0. The first-order chi connectivity index (χ1) is 19.0. The van der Waals surface area contributed by atoms with Gasteiger partial charge < -0.3 is 24.6 Å². The third-order valence-electron chi connectivity index (χ3n) is 6.55. The van der Waals surface area contributed by atoms with Gasteiger partial charge in [0.15, 0.2) is 12.4 Å². The first kappa shape index (κ1) is 26.1. The molecule has 1 saturated heterocycles. The SMILES string of the molecule is CC(C)Nc1cccnc1N1CCN(C(=O)n2ccc3cc(OCC(=O)OCc4ccccc4)ccc32)CC1. The molecule has 0 atom stereocenters. The summed E-state index contributed by atoms with van der Waals surface area (Å²) in [6.45, 7) is 6.83. The summed E-state index contributed by atoms with van der Waals surface area (Å²) in [4.78, 5) is 34.1. The predicted molar refractivity (Wildman–Crippen MR) is 151 cm³/mol. The molecule has 0 saturated carbocycles. The molecule has 0 radical (unpaired) electrons. The normalized spacial score (nSPS) is 13.5. The van der Waals surface area contributed by atoms with Crippen molar-refractivity contribution < 1.29 is 19.1 Å². The fourth-order valence-electron chi connectivity index (χ4n) is 4.63. The Hall–Kier alpha value is -4.53. The molecule has 0 unspecified atom stereocenters. The van der Waals surface area contributed by atoms with E-state index in [1.54, 1.807) is 23.0 Å². The average molecular weight is 528 g/mol. The number of carbonyl (C=O) groups is 2. The molecule has 2 aromatic heterocycles. The number of esters is 1. The fraction of sp³-hybridized carbons (Fsp3) is 0.300. The number of fused-ring (bicyclic) bond motifs is 1. The molecule has 5 rings (SSSR count). The molecule has 9 nitrogen and oxygen atoms in total. The largest absolute Gasteiger partial charge is 0.482 e. The van der Waals surface area contributed by atoms with Gasteiger partial charge >= 0.3 is 12.0 Å². The van der Waals surface area contributed by atoms with E-state index in [2.05, 4.69) is 29.0 Å². The van der Waals surface area contributed by atoms with E-state index in [-0.39, 0.29) is 19.2 Å². The number of aromatic nitrogens is 2. The Morgan fingerprint density at radius 3 is 2.54 bits per heavy atom. The number of amides is 1. The van der Waals surface area contributed by atoms with E-state index >= 15 is 0 Å².